The fourth-order valence-electron chi connectivity index (χ4n) is 2.66. The van der Waals surface area contributed by atoms with Crippen LogP contribution in [0.3, 0.4) is 0 Å². The molecule has 1 saturated heterocycles. The van der Waals surface area contributed by atoms with Gasteiger partial charge in [0.15, 0.2) is 0 Å². The Hall–Kier alpha value is -0.100. The highest BCUT2D eigenvalue weighted by atomic mass is 35.5. The number of thiophene rings is 1. The maximum absolute atomic E-state index is 12.7. The van der Waals surface area contributed by atoms with Gasteiger partial charge in [0.1, 0.15) is 4.21 Å². The minimum Gasteiger partial charge on any atom is -0.206 e. The van der Waals surface area contributed by atoms with Crippen LogP contribution in [0.5, 0.6) is 0 Å². The second kappa shape index (κ2) is 6.77. The van der Waals surface area contributed by atoms with Gasteiger partial charge in [0, 0.05) is 18.0 Å². The molecule has 2 rings (SSSR count). The zero-order chi connectivity index (χ0) is 14.8. The normalized spacial score (nSPS) is 21.9. The zero-order valence-corrected chi connectivity index (χ0v) is 14.5. The highest BCUT2D eigenvalue weighted by Crippen LogP contribution is 2.31. The number of alkyl halides is 1. The monoisotopic (exact) mass is 335 g/mol. The smallest absolute Gasteiger partial charge is 0.206 e. The Labute approximate surface area is 131 Å². The van der Waals surface area contributed by atoms with Crippen LogP contribution >= 0.6 is 22.9 Å². The minimum absolute atomic E-state index is 0.379. The summed E-state index contributed by atoms with van der Waals surface area (Å²) in [6, 6.07) is 1.76. The Morgan fingerprint density at radius 3 is 2.75 bits per heavy atom. The molecule has 0 radical (unpaired) electrons. The van der Waals surface area contributed by atoms with E-state index in [4.69, 9.17) is 11.6 Å². The first-order valence-corrected chi connectivity index (χ1v) is 9.93. The summed E-state index contributed by atoms with van der Waals surface area (Å²) in [5, 5.41) is 0. The molecule has 114 valence electrons. The minimum atomic E-state index is -3.34. The van der Waals surface area contributed by atoms with Crippen LogP contribution in [-0.4, -0.2) is 25.8 Å². The van der Waals surface area contributed by atoms with Crippen molar-refractivity contribution in [2.75, 3.05) is 13.1 Å². The molecule has 20 heavy (non-hydrogen) atoms. The number of aryl methyl sites for hydroxylation is 1. The number of rotatable bonds is 4. The van der Waals surface area contributed by atoms with Crippen LogP contribution in [0.2, 0.25) is 0 Å². The summed E-state index contributed by atoms with van der Waals surface area (Å²) in [4.78, 5) is 0.950. The van der Waals surface area contributed by atoms with Crippen molar-refractivity contribution in [3.63, 3.8) is 0 Å². The lowest BCUT2D eigenvalue weighted by molar-refractivity contribution is 0.408. The molecule has 1 aliphatic rings. The van der Waals surface area contributed by atoms with Crippen molar-refractivity contribution in [1.82, 2.24) is 4.31 Å². The molecule has 1 atom stereocenters. The molecule has 0 saturated carbocycles. The van der Waals surface area contributed by atoms with Crippen LogP contribution in [0.25, 0.3) is 0 Å². The molecular weight excluding hydrogens is 314 g/mol. The van der Waals surface area contributed by atoms with Crippen LogP contribution in [-0.2, 0) is 15.9 Å². The van der Waals surface area contributed by atoms with Gasteiger partial charge in [-0.25, -0.2) is 8.42 Å². The van der Waals surface area contributed by atoms with Crippen molar-refractivity contribution in [3.8, 4) is 0 Å². The number of hydrogen-bond acceptors (Lipinski definition) is 3. The Bertz CT molecular complexity index is 554. The van der Waals surface area contributed by atoms with Crippen molar-refractivity contribution in [2.24, 2.45) is 5.92 Å². The average Bonchev–Trinajstić information content (AvgIpc) is 2.66. The molecule has 1 unspecified atom stereocenters. The Morgan fingerprint density at radius 2 is 2.15 bits per heavy atom. The highest BCUT2D eigenvalue weighted by molar-refractivity contribution is 7.91. The van der Waals surface area contributed by atoms with E-state index in [0.29, 0.717) is 29.1 Å². The molecule has 1 aromatic heterocycles. The van der Waals surface area contributed by atoms with E-state index >= 15 is 0 Å². The van der Waals surface area contributed by atoms with Crippen molar-refractivity contribution < 1.29 is 8.42 Å². The summed E-state index contributed by atoms with van der Waals surface area (Å²) in [5.74, 6) is 1.04. The third-order valence-corrected chi connectivity index (χ3v) is 8.11. The van der Waals surface area contributed by atoms with E-state index in [9.17, 15) is 8.42 Å². The van der Waals surface area contributed by atoms with Crippen LogP contribution in [0, 0.1) is 12.8 Å². The van der Waals surface area contributed by atoms with E-state index in [1.165, 1.54) is 11.3 Å². The molecule has 1 fully saturated rings. The summed E-state index contributed by atoms with van der Waals surface area (Å²) in [7, 11) is -3.34. The molecule has 1 aromatic rings. The predicted octanol–water partition coefficient (Wildman–Crippen LogP) is 4.00. The first kappa shape index (κ1) is 16.3. The van der Waals surface area contributed by atoms with Crippen molar-refractivity contribution in [3.05, 3.63) is 16.5 Å². The van der Waals surface area contributed by atoms with Gasteiger partial charge in [-0.3, -0.25) is 0 Å². The lowest BCUT2D eigenvalue weighted by Crippen LogP contribution is -2.31. The second-order valence-electron chi connectivity index (χ2n) is 5.41. The first-order valence-electron chi connectivity index (χ1n) is 7.14. The third kappa shape index (κ3) is 3.38. The Kier molecular flexibility index (Phi) is 5.51. The van der Waals surface area contributed by atoms with Gasteiger partial charge in [-0.05, 0) is 43.7 Å². The molecule has 2 heterocycles. The first-order chi connectivity index (χ1) is 9.48. The molecule has 0 amide bonds. The third-order valence-electron chi connectivity index (χ3n) is 4.10. The van der Waals surface area contributed by atoms with Crippen LogP contribution in [0.4, 0.5) is 0 Å². The summed E-state index contributed by atoms with van der Waals surface area (Å²) in [6.07, 6.45) is 4.22. The molecule has 1 aliphatic heterocycles. The average molecular weight is 336 g/mol. The van der Waals surface area contributed by atoms with Gasteiger partial charge in [-0.1, -0.05) is 13.3 Å². The van der Waals surface area contributed by atoms with E-state index in [1.54, 1.807) is 10.4 Å². The van der Waals surface area contributed by atoms with Crippen molar-refractivity contribution >= 4 is 33.0 Å². The molecule has 0 spiro atoms. The largest absolute Gasteiger partial charge is 0.252 e. The Balaban J connectivity index is 2.21. The van der Waals surface area contributed by atoms with E-state index in [0.717, 1.165) is 36.1 Å². The van der Waals surface area contributed by atoms with E-state index in [1.807, 2.05) is 6.92 Å². The second-order valence-corrected chi connectivity index (χ2v) is 8.98. The number of nitrogens with zero attached hydrogens (tertiary/aromatic N) is 1. The number of halogens is 1. The summed E-state index contributed by atoms with van der Waals surface area (Å²) >= 11 is 7.16. The standard InChI is InChI=1S/C14H22ClNO2S2/c1-3-12-5-4-7-16(8-6-12)20(17,18)14-9-11(2)13(10-15)19-14/h9,12H,3-8,10H2,1-2H3. The molecule has 0 N–H and O–H groups in total. The van der Waals surface area contributed by atoms with Gasteiger partial charge in [-0.15, -0.1) is 22.9 Å². The quantitative estimate of drug-likeness (QED) is 0.780. The van der Waals surface area contributed by atoms with Gasteiger partial charge in [0.25, 0.3) is 10.0 Å². The fourth-order valence-corrected chi connectivity index (χ4v) is 6.13. The van der Waals surface area contributed by atoms with Gasteiger partial charge in [-0.2, -0.15) is 4.31 Å². The van der Waals surface area contributed by atoms with Crippen LogP contribution in [0.1, 0.15) is 43.0 Å². The predicted molar refractivity (Wildman–Crippen MR) is 85.0 cm³/mol. The zero-order valence-electron chi connectivity index (χ0n) is 12.1. The maximum atomic E-state index is 12.7. The van der Waals surface area contributed by atoms with E-state index in [-0.39, 0.29) is 0 Å². The van der Waals surface area contributed by atoms with E-state index in [2.05, 4.69) is 6.92 Å². The van der Waals surface area contributed by atoms with Crippen LogP contribution in [0.15, 0.2) is 10.3 Å². The fraction of sp³-hybridized carbons (Fsp3) is 0.714. The van der Waals surface area contributed by atoms with Gasteiger partial charge >= 0.3 is 0 Å². The van der Waals surface area contributed by atoms with Gasteiger partial charge in [0.05, 0.1) is 5.88 Å². The summed E-state index contributed by atoms with van der Waals surface area (Å²) in [5.41, 5.74) is 0.977. The van der Waals surface area contributed by atoms with Crippen LogP contribution < -0.4 is 0 Å². The van der Waals surface area contributed by atoms with Gasteiger partial charge in [0.2, 0.25) is 0 Å². The summed E-state index contributed by atoms with van der Waals surface area (Å²) < 4.78 is 27.5. The number of hydrogen-bond donors (Lipinski definition) is 0. The van der Waals surface area contributed by atoms with Crippen molar-refractivity contribution in [2.45, 2.75) is 49.6 Å². The topological polar surface area (TPSA) is 37.4 Å². The number of sulfonamides is 1. The molecular formula is C14H22ClNO2S2. The molecule has 0 aliphatic carbocycles. The lowest BCUT2D eigenvalue weighted by Gasteiger charge is -2.19. The highest BCUT2D eigenvalue weighted by Gasteiger charge is 2.29. The van der Waals surface area contributed by atoms with Gasteiger partial charge < -0.3 is 0 Å². The lowest BCUT2D eigenvalue weighted by atomic mass is 9.98. The van der Waals surface area contributed by atoms with E-state index < -0.39 is 10.0 Å². The molecule has 0 bridgehead atoms. The molecule has 0 aromatic carbocycles. The Morgan fingerprint density at radius 1 is 1.40 bits per heavy atom. The maximum Gasteiger partial charge on any atom is 0.252 e. The summed E-state index contributed by atoms with van der Waals surface area (Å²) in [6.45, 7) is 5.40. The van der Waals surface area contributed by atoms with Crippen molar-refractivity contribution in [1.29, 1.82) is 0 Å². The molecule has 6 heteroatoms. The SMILES string of the molecule is CCC1CCCN(S(=O)(=O)c2cc(C)c(CCl)s2)CC1. The molecule has 3 nitrogen and oxygen atoms in total.